The van der Waals surface area contributed by atoms with Crippen LogP contribution in [-0.4, -0.2) is 23.7 Å². The standard InChI is InChI=1S/C15H17BrN2O/c1-15(6-8-19-10-15)18-9-11-4-5-13(16)12-3-2-7-17-14(11)12/h2-5,7,18H,6,8-10H2,1H3. The van der Waals surface area contributed by atoms with Gasteiger partial charge in [0.15, 0.2) is 0 Å². The van der Waals surface area contributed by atoms with E-state index in [0.29, 0.717) is 0 Å². The Balaban J connectivity index is 1.87. The molecule has 0 spiro atoms. The molecule has 3 nitrogen and oxygen atoms in total. The number of aromatic nitrogens is 1. The van der Waals surface area contributed by atoms with E-state index in [9.17, 15) is 0 Å². The van der Waals surface area contributed by atoms with Gasteiger partial charge < -0.3 is 10.1 Å². The molecule has 2 heterocycles. The van der Waals surface area contributed by atoms with Crippen molar-refractivity contribution in [2.45, 2.75) is 25.4 Å². The molecule has 0 radical (unpaired) electrons. The number of nitrogens with zero attached hydrogens (tertiary/aromatic N) is 1. The molecule has 4 heteroatoms. The van der Waals surface area contributed by atoms with Gasteiger partial charge in [0, 0.05) is 34.7 Å². The number of hydrogen-bond donors (Lipinski definition) is 1. The smallest absolute Gasteiger partial charge is 0.0758 e. The lowest BCUT2D eigenvalue weighted by atomic mass is 10.0. The summed E-state index contributed by atoms with van der Waals surface area (Å²) in [5.74, 6) is 0. The second kappa shape index (κ2) is 5.19. The van der Waals surface area contributed by atoms with E-state index in [4.69, 9.17) is 4.74 Å². The molecular formula is C15H17BrN2O. The van der Waals surface area contributed by atoms with Crippen molar-refractivity contribution in [2.24, 2.45) is 0 Å². The van der Waals surface area contributed by atoms with E-state index < -0.39 is 0 Å². The van der Waals surface area contributed by atoms with Crippen LogP contribution in [0.2, 0.25) is 0 Å². The molecule has 1 saturated heterocycles. The lowest BCUT2D eigenvalue weighted by Gasteiger charge is -2.24. The van der Waals surface area contributed by atoms with E-state index in [0.717, 1.165) is 41.6 Å². The van der Waals surface area contributed by atoms with Crippen LogP contribution >= 0.6 is 15.9 Å². The third-order valence-electron chi connectivity index (χ3n) is 3.72. The highest BCUT2D eigenvalue weighted by atomic mass is 79.9. The minimum Gasteiger partial charge on any atom is -0.379 e. The Morgan fingerprint density at radius 3 is 3.11 bits per heavy atom. The molecular weight excluding hydrogens is 304 g/mol. The SMILES string of the molecule is CC1(NCc2ccc(Br)c3cccnc23)CCOC1. The molecule has 1 aliphatic heterocycles. The molecule has 0 saturated carbocycles. The fraction of sp³-hybridized carbons (Fsp3) is 0.400. The third-order valence-corrected chi connectivity index (χ3v) is 4.42. The summed E-state index contributed by atoms with van der Waals surface area (Å²) < 4.78 is 6.56. The summed E-state index contributed by atoms with van der Waals surface area (Å²) in [5.41, 5.74) is 2.38. The van der Waals surface area contributed by atoms with Gasteiger partial charge in [0.05, 0.1) is 12.1 Å². The number of pyridine rings is 1. The molecule has 19 heavy (non-hydrogen) atoms. The van der Waals surface area contributed by atoms with E-state index >= 15 is 0 Å². The number of fused-ring (bicyclic) bond motifs is 1. The Bertz CT molecular complexity index is 594. The van der Waals surface area contributed by atoms with Gasteiger partial charge in [0.2, 0.25) is 0 Å². The van der Waals surface area contributed by atoms with Gasteiger partial charge in [0.25, 0.3) is 0 Å². The summed E-state index contributed by atoms with van der Waals surface area (Å²) >= 11 is 3.58. The van der Waals surface area contributed by atoms with Gasteiger partial charge in [-0.15, -0.1) is 0 Å². The summed E-state index contributed by atoms with van der Waals surface area (Å²) in [6.45, 7) is 4.67. The normalized spacial score (nSPS) is 23.1. The maximum absolute atomic E-state index is 5.47. The van der Waals surface area contributed by atoms with E-state index in [1.807, 2.05) is 12.3 Å². The topological polar surface area (TPSA) is 34.2 Å². The number of ether oxygens (including phenoxy) is 1. The first-order valence-electron chi connectivity index (χ1n) is 6.53. The molecule has 1 N–H and O–H groups in total. The van der Waals surface area contributed by atoms with E-state index in [1.165, 1.54) is 5.56 Å². The molecule has 1 unspecified atom stereocenters. The zero-order valence-electron chi connectivity index (χ0n) is 10.9. The summed E-state index contributed by atoms with van der Waals surface area (Å²) in [6.07, 6.45) is 2.91. The van der Waals surface area contributed by atoms with Crippen molar-refractivity contribution < 1.29 is 4.74 Å². The van der Waals surface area contributed by atoms with Crippen LogP contribution in [0.15, 0.2) is 34.9 Å². The number of halogens is 1. The van der Waals surface area contributed by atoms with Crippen LogP contribution in [0.5, 0.6) is 0 Å². The van der Waals surface area contributed by atoms with Crippen LogP contribution < -0.4 is 5.32 Å². The highest BCUT2D eigenvalue weighted by Crippen LogP contribution is 2.26. The molecule has 0 bridgehead atoms. The Morgan fingerprint density at radius 1 is 1.42 bits per heavy atom. The van der Waals surface area contributed by atoms with Crippen LogP contribution in [0.25, 0.3) is 10.9 Å². The van der Waals surface area contributed by atoms with Crippen LogP contribution in [0.1, 0.15) is 18.9 Å². The van der Waals surface area contributed by atoms with Crippen molar-refractivity contribution in [3.63, 3.8) is 0 Å². The molecule has 3 rings (SSSR count). The van der Waals surface area contributed by atoms with Crippen LogP contribution in [-0.2, 0) is 11.3 Å². The number of hydrogen-bond acceptors (Lipinski definition) is 3. The van der Waals surface area contributed by atoms with Gasteiger partial charge in [-0.3, -0.25) is 4.98 Å². The lowest BCUT2D eigenvalue weighted by Crippen LogP contribution is -2.42. The van der Waals surface area contributed by atoms with Crippen LogP contribution in [0.4, 0.5) is 0 Å². The highest BCUT2D eigenvalue weighted by molar-refractivity contribution is 9.10. The van der Waals surface area contributed by atoms with Gasteiger partial charge in [-0.05, 0) is 31.0 Å². The average Bonchev–Trinajstić information content (AvgIpc) is 2.86. The first-order chi connectivity index (χ1) is 9.18. The predicted octanol–water partition coefficient (Wildman–Crippen LogP) is 3.27. The van der Waals surface area contributed by atoms with Gasteiger partial charge in [-0.1, -0.05) is 28.1 Å². The van der Waals surface area contributed by atoms with Gasteiger partial charge >= 0.3 is 0 Å². The molecule has 1 aromatic carbocycles. The monoisotopic (exact) mass is 320 g/mol. The van der Waals surface area contributed by atoms with Crippen molar-refractivity contribution in [1.29, 1.82) is 0 Å². The summed E-state index contributed by atoms with van der Waals surface area (Å²) in [7, 11) is 0. The zero-order valence-corrected chi connectivity index (χ0v) is 12.5. The predicted molar refractivity (Wildman–Crippen MR) is 80.1 cm³/mol. The van der Waals surface area contributed by atoms with Crippen LogP contribution in [0.3, 0.4) is 0 Å². The minimum absolute atomic E-state index is 0.0914. The van der Waals surface area contributed by atoms with Crippen molar-refractivity contribution >= 4 is 26.8 Å². The molecule has 0 amide bonds. The molecule has 1 aliphatic rings. The van der Waals surface area contributed by atoms with Gasteiger partial charge in [-0.25, -0.2) is 0 Å². The molecule has 100 valence electrons. The molecule has 2 aromatic rings. The van der Waals surface area contributed by atoms with Crippen molar-refractivity contribution in [3.05, 3.63) is 40.5 Å². The zero-order chi connectivity index (χ0) is 13.3. The molecule has 0 aliphatic carbocycles. The van der Waals surface area contributed by atoms with Gasteiger partial charge in [-0.2, -0.15) is 0 Å². The number of benzene rings is 1. The quantitative estimate of drug-likeness (QED) is 0.942. The molecule has 1 aromatic heterocycles. The van der Waals surface area contributed by atoms with E-state index in [-0.39, 0.29) is 5.54 Å². The molecule has 1 fully saturated rings. The number of rotatable bonds is 3. The Kier molecular flexibility index (Phi) is 3.56. The molecule has 1 atom stereocenters. The Labute approximate surface area is 121 Å². The van der Waals surface area contributed by atoms with E-state index in [2.05, 4.69) is 51.4 Å². The van der Waals surface area contributed by atoms with Crippen molar-refractivity contribution in [2.75, 3.05) is 13.2 Å². The lowest BCUT2D eigenvalue weighted by molar-refractivity contribution is 0.171. The second-order valence-electron chi connectivity index (χ2n) is 5.32. The van der Waals surface area contributed by atoms with Gasteiger partial charge in [0.1, 0.15) is 0 Å². The fourth-order valence-corrected chi connectivity index (χ4v) is 2.91. The van der Waals surface area contributed by atoms with E-state index in [1.54, 1.807) is 0 Å². The Hall–Kier alpha value is -0.970. The van der Waals surface area contributed by atoms with Crippen LogP contribution in [0, 0.1) is 0 Å². The first kappa shape index (κ1) is 13.0. The maximum atomic E-state index is 5.47. The fourth-order valence-electron chi connectivity index (χ4n) is 2.45. The van der Waals surface area contributed by atoms with Crippen molar-refractivity contribution in [3.8, 4) is 0 Å². The maximum Gasteiger partial charge on any atom is 0.0758 e. The minimum atomic E-state index is 0.0914. The van der Waals surface area contributed by atoms with Crippen molar-refractivity contribution in [1.82, 2.24) is 10.3 Å². The third kappa shape index (κ3) is 2.66. The first-order valence-corrected chi connectivity index (χ1v) is 7.32. The highest BCUT2D eigenvalue weighted by Gasteiger charge is 2.28. The average molecular weight is 321 g/mol. The summed E-state index contributed by atoms with van der Waals surface area (Å²) in [5, 5.41) is 4.77. The second-order valence-corrected chi connectivity index (χ2v) is 6.18. The largest absolute Gasteiger partial charge is 0.379 e. The summed E-state index contributed by atoms with van der Waals surface area (Å²) in [4.78, 5) is 4.51. The summed E-state index contributed by atoms with van der Waals surface area (Å²) in [6, 6.07) is 8.28. The number of nitrogens with one attached hydrogen (secondary N) is 1. The Morgan fingerprint density at radius 2 is 2.32 bits per heavy atom.